The number of thiophene rings is 2. The van der Waals surface area contributed by atoms with E-state index in [0.717, 1.165) is 4.48 Å². The maximum atomic E-state index is 13.2. The Morgan fingerprint density at radius 2 is 1.74 bits per heavy atom. The molecule has 5 atom stereocenters. The molecule has 8 heteroatoms. The van der Waals surface area contributed by atoms with Gasteiger partial charge in [0.1, 0.15) is 24.3 Å². The predicted molar refractivity (Wildman–Crippen MR) is 114 cm³/mol. The van der Waals surface area contributed by atoms with Crippen LogP contribution in [0.2, 0.25) is 0 Å². The van der Waals surface area contributed by atoms with Crippen molar-refractivity contribution in [3.05, 3.63) is 44.8 Å². The van der Waals surface area contributed by atoms with Gasteiger partial charge in [0.15, 0.2) is 0 Å². The fourth-order valence-corrected chi connectivity index (χ4v) is 7.83. The minimum atomic E-state index is -1.77. The number of ether oxygens (including phenoxy) is 1. The highest BCUT2D eigenvalue weighted by Gasteiger charge is 2.60. The standard InChI is InChI=1S/C19H23INO4S2/c1-21(2)12-9-11(10-13(21)17(22)16(12)20)25-18(23)19(24,14-5-3-7-26-14)15-6-4-8-27-15/h3-8,11-13,16-17,22,24H,9-10H2,1-2H3/q+1. The van der Waals surface area contributed by atoms with Gasteiger partial charge >= 0.3 is 5.97 Å². The first kappa shape index (κ1) is 19.8. The molecule has 0 radical (unpaired) electrons. The normalized spacial score (nSPS) is 32.4. The number of esters is 1. The molecule has 4 rings (SSSR count). The maximum absolute atomic E-state index is 13.2. The smallest absolute Gasteiger partial charge is 0.349 e. The summed E-state index contributed by atoms with van der Waals surface area (Å²) in [7, 11) is 4.28. The van der Waals surface area contributed by atoms with E-state index < -0.39 is 17.7 Å². The third-order valence-electron chi connectivity index (χ3n) is 6.13. The molecule has 2 saturated heterocycles. The summed E-state index contributed by atoms with van der Waals surface area (Å²) in [4.78, 5) is 14.3. The molecule has 4 heterocycles. The van der Waals surface area contributed by atoms with Crippen LogP contribution in [0.5, 0.6) is 0 Å². The summed E-state index contributed by atoms with van der Waals surface area (Å²) >= 11 is 5.01. The third kappa shape index (κ3) is 3.08. The topological polar surface area (TPSA) is 66.8 Å². The number of alkyl halides is 1. The van der Waals surface area contributed by atoms with Gasteiger partial charge in [0, 0.05) is 12.8 Å². The molecular weight excluding hydrogens is 497 g/mol. The molecular formula is C19H23INO4S2+. The van der Waals surface area contributed by atoms with Gasteiger partial charge in [0.25, 0.3) is 0 Å². The fraction of sp³-hybridized carbons (Fsp3) is 0.526. The number of carbonyl (C=O) groups excluding carboxylic acids is 1. The second-order valence-electron chi connectivity index (χ2n) is 7.86. The number of rotatable bonds is 4. The molecule has 5 unspecified atom stereocenters. The lowest BCUT2D eigenvalue weighted by Crippen LogP contribution is -2.58. The first-order chi connectivity index (χ1) is 12.8. The van der Waals surface area contributed by atoms with Gasteiger partial charge in [-0.2, -0.15) is 0 Å². The molecule has 5 nitrogen and oxygen atoms in total. The lowest BCUT2D eigenvalue weighted by molar-refractivity contribution is -0.932. The molecule has 27 heavy (non-hydrogen) atoms. The Morgan fingerprint density at radius 3 is 2.22 bits per heavy atom. The van der Waals surface area contributed by atoms with E-state index in [1.165, 1.54) is 22.7 Å². The van der Waals surface area contributed by atoms with Crippen molar-refractivity contribution in [2.24, 2.45) is 0 Å². The highest BCUT2D eigenvalue weighted by molar-refractivity contribution is 14.1. The molecule has 2 bridgehead atoms. The van der Waals surface area contributed by atoms with Crippen molar-refractivity contribution in [1.29, 1.82) is 0 Å². The van der Waals surface area contributed by atoms with Gasteiger partial charge in [-0.25, -0.2) is 4.79 Å². The van der Waals surface area contributed by atoms with Crippen LogP contribution in [0, 0.1) is 0 Å². The first-order valence-electron chi connectivity index (χ1n) is 8.93. The summed E-state index contributed by atoms with van der Waals surface area (Å²) in [5.41, 5.74) is -1.77. The number of fused-ring (bicyclic) bond motifs is 2. The van der Waals surface area contributed by atoms with Gasteiger partial charge in [0.05, 0.1) is 27.8 Å². The van der Waals surface area contributed by atoms with Crippen molar-refractivity contribution in [1.82, 2.24) is 0 Å². The van der Waals surface area contributed by atoms with Gasteiger partial charge in [-0.15, -0.1) is 22.7 Å². The number of piperidine rings is 1. The van der Waals surface area contributed by atoms with E-state index in [-0.39, 0.29) is 22.1 Å². The quantitative estimate of drug-likeness (QED) is 0.282. The Bertz CT molecular complexity index is 754. The van der Waals surface area contributed by atoms with Crippen LogP contribution in [-0.2, 0) is 15.1 Å². The van der Waals surface area contributed by atoms with E-state index >= 15 is 0 Å². The molecule has 2 aromatic heterocycles. The van der Waals surface area contributed by atoms with Crippen molar-refractivity contribution in [2.45, 2.75) is 46.7 Å². The van der Waals surface area contributed by atoms with Gasteiger partial charge in [-0.3, -0.25) is 0 Å². The number of aliphatic hydroxyl groups is 2. The molecule has 0 amide bonds. The van der Waals surface area contributed by atoms with Gasteiger partial charge in [-0.05, 0) is 22.9 Å². The zero-order valence-electron chi connectivity index (χ0n) is 15.1. The summed E-state index contributed by atoms with van der Waals surface area (Å²) < 4.78 is 6.77. The van der Waals surface area contributed by atoms with Crippen LogP contribution in [0.25, 0.3) is 0 Å². The largest absolute Gasteiger partial charge is 0.459 e. The molecule has 2 aliphatic rings. The van der Waals surface area contributed by atoms with Crippen molar-refractivity contribution in [2.75, 3.05) is 14.1 Å². The van der Waals surface area contributed by atoms with Crippen molar-refractivity contribution >= 4 is 51.2 Å². The second-order valence-corrected chi connectivity index (χ2v) is 11.2. The van der Waals surface area contributed by atoms with Crippen LogP contribution in [0.1, 0.15) is 22.6 Å². The lowest BCUT2D eigenvalue weighted by atomic mass is 9.96. The van der Waals surface area contributed by atoms with E-state index in [1.807, 2.05) is 22.9 Å². The number of halogens is 1. The van der Waals surface area contributed by atoms with E-state index in [1.54, 1.807) is 12.1 Å². The minimum absolute atomic E-state index is 0.0417. The summed E-state index contributed by atoms with van der Waals surface area (Å²) in [6, 6.07) is 7.45. The number of nitrogens with zero attached hydrogens (tertiary/aromatic N) is 1. The predicted octanol–water partition coefficient (Wildman–Crippen LogP) is 2.74. The number of likely N-dealkylation sites (N-methyl/N-ethyl adjacent to an activating group) is 1. The van der Waals surface area contributed by atoms with Crippen LogP contribution < -0.4 is 0 Å². The number of carbonyl (C=O) groups is 1. The first-order valence-corrected chi connectivity index (χ1v) is 11.9. The molecule has 146 valence electrons. The molecule has 2 N–H and O–H groups in total. The molecule has 0 spiro atoms. The average molecular weight is 520 g/mol. The Morgan fingerprint density at radius 1 is 1.19 bits per heavy atom. The van der Waals surface area contributed by atoms with Crippen LogP contribution >= 0.6 is 45.3 Å². The highest BCUT2D eigenvalue weighted by atomic mass is 127. The SMILES string of the molecule is C[N+]1(C)C2CC(OC(=O)C(O)(c3cccs3)c3cccs3)CC1C(I)C2O. The monoisotopic (exact) mass is 520 g/mol. The van der Waals surface area contributed by atoms with Crippen LogP contribution in [0.4, 0.5) is 0 Å². The Balaban J connectivity index is 1.59. The number of quaternary nitrogens is 1. The maximum Gasteiger partial charge on any atom is 0.349 e. The van der Waals surface area contributed by atoms with E-state index in [2.05, 4.69) is 36.7 Å². The van der Waals surface area contributed by atoms with Gasteiger partial charge in [0.2, 0.25) is 5.60 Å². The van der Waals surface area contributed by atoms with Crippen LogP contribution in [0.15, 0.2) is 35.0 Å². The minimum Gasteiger partial charge on any atom is -0.459 e. The Hall–Kier alpha value is -0.520. The Labute approximate surface area is 180 Å². The zero-order valence-corrected chi connectivity index (χ0v) is 18.9. The molecule has 2 aromatic rings. The van der Waals surface area contributed by atoms with Crippen molar-refractivity contribution in [3.63, 3.8) is 0 Å². The summed E-state index contributed by atoms with van der Waals surface area (Å²) in [5, 5.41) is 25.7. The number of hydrogen-bond donors (Lipinski definition) is 2. The second kappa shape index (κ2) is 7.07. The van der Waals surface area contributed by atoms with E-state index in [9.17, 15) is 15.0 Å². The van der Waals surface area contributed by atoms with Crippen LogP contribution in [-0.4, -0.2) is 63.0 Å². The summed E-state index contributed by atoms with van der Waals surface area (Å²) in [6.45, 7) is 0. The van der Waals surface area contributed by atoms with Crippen LogP contribution in [0.3, 0.4) is 0 Å². The molecule has 0 aromatic carbocycles. The van der Waals surface area contributed by atoms with Crippen molar-refractivity contribution in [3.8, 4) is 0 Å². The molecule has 0 aliphatic carbocycles. The van der Waals surface area contributed by atoms with E-state index in [4.69, 9.17) is 4.74 Å². The number of hydrogen-bond acceptors (Lipinski definition) is 6. The third-order valence-corrected chi connectivity index (χ3v) is 9.66. The number of aliphatic hydroxyl groups excluding tert-OH is 1. The van der Waals surface area contributed by atoms with Gasteiger partial charge in [-0.1, -0.05) is 34.7 Å². The van der Waals surface area contributed by atoms with Gasteiger partial charge < -0.3 is 19.4 Å². The molecule has 0 saturated carbocycles. The van der Waals surface area contributed by atoms with Crippen molar-refractivity contribution < 1.29 is 24.2 Å². The molecule has 2 fully saturated rings. The summed E-state index contributed by atoms with van der Waals surface area (Å²) in [5.74, 6) is -0.622. The van der Waals surface area contributed by atoms with E-state index in [0.29, 0.717) is 22.6 Å². The highest BCUT2D eigenvalue weighted by Crippen LogP contribution is 2.45. The Kier molecular flexibility index (Phi) is 5.18. The lowest BCUT2D eigenvalue weighted by Gasteiger charge is -2.44. The summed E-state index contributed by atoms with van der Waals surface area (Å²) in [6.07, 6.45) is 0.619. The zero-order chi connectivity index (χ0) is 19.4. The molecule has 2 aliphatic heterocycles. The average Bonchev–Trinajstić information content (AvgIpc) is 3.35. The fourth-order valence-electron chi connectivity index (χ4n) is 4.52.